The van der Waals surface area contributed by atoms with Gasteiger partial charge in [0.15, 0.2) is 0 Å². The number of carbonyl (C=O) groups is 1. The Hall–Kier alpha value is -2.22. The van der Waals surface area contributed by atoms with E-state index in [-0.39, 0.29) is 24.5 Å². The molecule has 0 spiro atoms. The van der Waals surface area contributed by atoms with Crippen molar-refractivity contribution in [2.45, 2.75) is 50.8 Å². The molecule has 2 atom stereocenters. The molecule has 6 nitrogen and oxygen atoms in total. The maximum atomic E-state index is 13.1. The second-order valence-corrected chi connectivity index (χ2v) is 9.21. The number of aryl methyl sites for hydroxylation is 3. The molecule has 3 rings (SSSR count). The molecule has 0 radical (unpaired) electrons. The van der Waals surface area contributed by atoms with Gasteiger partial charge in [0.2, 0.25) is 10.0 Å². The van der Waals surface area contributed by atoms with Crippen LogP contribution in [0.2, 0.25) is 0 Å². The monoisotopic (exact) mass is 403 g/mol. The number of β-amino-alcohol motifs (C(OH)–C–C–N with tert-alkyl or cyclic N) is 1. The molecule has 2 aromatic carbocycles. The van der Waals surface area contributed by atoms with Crippen LogP contribution >= 0.6 is 0 Å². The van der Waals surface area contributed by atoms with Crippen molar-refractivity contribution in [3.05, 3.63) is 64.7 Å². The molecule has 7 heteroatoms. The highest BCUT2D eigenvalue weighted by atomic mass is 32.2. The van der Waals surface area contributed by atoms with Crippen LogP contribution in [0.3, 0.4) is 0 Å². The van der Waals surface area contributed by atoms with Crippen molar-refractivity contribution in [2.75, 3.05) is 6.54 Å². The summed E-state index contributed by atoms with van der Waals surface area (Å²) in [6.07, 6.45) is -0.880. The van der Waals surface area contributed by atoms with Gasteiger partial charge in [-0.1, -0.05) is 35.9 Å². The van der Waals surface area contributed by atoms with Gasteiger partial charge in [-0.2, -0.15) is 4.31 Å². The summed E-state index contributed by atoms with van der Waals surface area (Å²) in [4.78, 5) is 12.7. The molecule has 28 heavy (non-hydrogen) atoms. The number of aliphatic hydroxyl groups is 1. The SMILES string of the molecule is Cc1ccc(COC(=O)C2CC(O)CN2S(=O)(=O)c2ccc(C)c(C)c2)cc1. The maximum Gasteiger partial charge on any atom is 0.324 e. The maximum absolute atomic E-state index is 13.1. The minimum atomic E-state index is -3.92. The Bertz CT molecular complexity index is 969. The van der Waals surface area contributed by atoms with E-state index in [4.69, 9.17) is 4.74 Å². The van der Waals surface area contributed by atoms with Crippen LogP contribution in [-0.4, -0.2) is 42.5 Å². The van der Waals surface area contributed by atoms with E-state index in [0.717, 1.165) is 26.6 Å². The van der Waals surface area contributed by atoms with Crippen LogP contribution in [0.5, 0.6) is 0 Å². The Morgan fingerprint density at radius 2 is 1.79 bits per heavy atom. The lowest BCUT2D eigenvalue weighted by molar-refractivity contribution is -0.148. The summed E-state index contributed by atoms with van der Waals surface area (Å²) >= 11 is 0. The predicted octanol–water partition coefficient (Wildman–Crippen LogP) is 2.48. The fourth-order valence-electron chi connectivity index (χ4n) is 3.21. The van der Waals surface area contributed by atoms with Gasteiger partial charge < -0.3 is 9.84 Å². The molecular weight excluding hydrogens is 378 g/mol. The van der Waals surface area contributed by atoms with Gasteiger partial charge in [-0.15, -0.1) is 0 Å². The molecule has 0 saturated carbocycles. The van der Waals surface area contributed by atoms with Crippen LogP contribution in [0, 0.1) is 20.8 Å². The van der Waals surface area contributed by atoms with E-state index in [1.54, 1.807) is 12.1 Å². The summed E-state index contributed by atoms with van der Waals surface area (Å²) < 4.78 is 32.6. The number of ether oxygens (including phenoxy) is 1. The van der Waals surface area contributed by atoms with Crippen LogP contribution in [0.1, 0.15) is 28.7 Å². The van der Waals surface area contributed by atoms with Crippen molar-refractivity contribution in [3.63, 3.8) is 0 Å². The first-order chi connectivity index (χ1) is 13.2. The number of benzene rings is 2. The van der Waals surface area contributed by atoms with Gasteiger partial charge >= 0.3 is 5.97 Å². The van der Waals surface area contributed by atoms with E-state index in [9.17, 15) is 18.3 Å². The molecule has 0 bridgehead atoms. The highest BCUT2D eigenvalue weighted by molar-refractivity contribution is 7.89. The average molecular weight is 404 g/mol. The van der Waals surface area contributed by atoms with Crippen LogP contribution in [0.15, 0.2) is 47.4 Å². The zero-order valence-electron chi connectivity index (χ0n) is 16.3. The smallest absolute Gasteiger partial charge is 0.324 e. The summed E-state index contributed by atoms with van der Waals surface area (Å²) in [5.74, 6) is -0.649. The summed E-state index contributed by atoms with van der Waals surface area (Å²) in [7, 11) is -3.92. The van der Waals surface area contributed by atoms with Crippen molar-refractivity contribution in [1.82, 2.24) is 4.31 Å². The third kappa shape index (κ3) is 4.27. The molecule has 1 saturated heterocycles. The lowest BCUT2D eigenvalue weighted by atomic mass is 10.1. The van der Waals surface area contributed by atoms with Crippen LogP contribution in [0.25, 0.3) is 0 Å². The van der Waals surface area contributed by atoms with Crippen molar-refractivity contribution in [3.8, 4) is 0 Å². The van der Waals surface area contributed by atoms with Gasteiger partial charge in [-0.3, -0.25) is 4.79 Å². The van der Waals surface area contributed by atoms with Gasteiger partial charge in [0.05, 0.1) is 11.0 Å². The molecule has 1 N–H and O–H groups in total. The Kier molecular flexibility index (Phi) is 5.88. The minimum absolute atomic E-state index is 0.0246. The first-order valence-corrected chi connectivity index (χ1v) is 10.6. The Morgan fingerprint density at radius 1 is 1.11 bits per heavy atom. The number of rotatable bonds is 5. The Morgan fingerprint density at radius 3 is 2.43 bits per heavy atom. The van der Waals surface area contributed by atoms with Crippen molar-refractivity contribution in [2.24, 2.45) is 0 Å². The quantitative estimate of drug-likeness (QED) is 0.776. The topological polar surface area (TPSA) is 83.9 Å². The summed E-state index contributed by atoms with van der Waals surface area (Å²) in [5.41, 5.74) is 3.74. The molecule has 1 aliphatic rings. The summed E-state index contributed by atoms with van der Waals surface area (Å²) in [5, 5.41) is 10.0. The lowest BCUT2D eigenvalue weighted by Crippen LogP contribution is -2.41. The average Bonchev–Trinajstić information content (AvgIpc) is 3.06. The minimum Gasteiger partial charge on any atom is -0.460 e. The van der Waals surface area contributed by atoms with Crippen LogP contribution in [-0.2, 0) is 26.2 Å². The standard InChI is InChI=1S/C21H25NO5S/c1-14-4-7-17(8-5-14)13-27-21(24)20-11-18(23)12-22(20)28(25,26)19-9-6-15(2)16(3)10-19/h4-10,18,20,23H,11-13H2,1-3H3. The van der Waals surface area contributed by atoms with Gasteiger partial charge in [-0.05, 0) is 49.6 Å². The van der Waals surface area contributed by atoms with E-state index in [1.807, 2.05) is 45.0 Å². The summed E-state index contributed by atoms with van der Waals surface area (Å²) in [6.45, 7) is 5.63. The summed E-state index contributed by atoms with van der Waals surface area (Å²) in [6, 6.07) is 11.4. The van der Waals surface area contributed by atoms with Gasteiger partial charge in [0.25, 0.3) is 0 Å². The van der Waals surface area contributed by atoms with Crippen molar-refractivity contribution < 1.29 is 23.1 Å². The van der Waals surface area contributed by atoms with Gasteiger partial charge in [-0.25, -0.2) is 8.42 Å². The molecule has 2 aromatic rings. The zero-order chi connectivity index (χ0) is 20.5. The molecule has 2 unspecified atom stereocenters. The normalized spacial score (nSPS) is 20.3. The second-order valence-electron chi connectivity index (χ2n) is 7.32. The molecule has 1 fully saturated rings. The first-order valence-electron chi connectivity index (χ1n) is 9.18. The second kappa shape index (κ2) is 8.03. The lowest BCUT2D eigenvalue weighted by Gasteiger charge is -2.23. The fourth-order valence-corrected chi connectivity index (χ4v) is 4.92. The van der Waals surface area contributed by atoms with Crippen LogP contribution in [0.4, 0.5) is 0 Å². The van der Waals surface area contributed by atoms with E-state index < -0.39 is 28.1 Å². The Balaban J connectivity index is 1.78. The predicted molar refractivity (Wildman–Crippen MR) is 105 cm³/mol. The highest BCUT2D eigenvalue weighted by Crippen LogP contribution is 2.28. The highest BCUT2D eigenvalue weighted by Gasteiger charge is 2.44. The van der Waals surface area contributed by atoms with Crippen LogP contribution < -0.4 is 0 Å². The third-order valence-corrected chi connectivity index (χ3v) is 6.96. The van der Waals surface area contributed by atoms with E-state index >= 15 is 0 Å². The van der Waals surface area contributed by atoms with Crippen molar-refractivity contribution >= 4 is 16.0 Å². The van der Waals surface area contributed by atoms with Gasteiger partial charge in [0, 0.05) is 13.0 Å². The number of sulfonamides is 1. The first kappa shape index (κ1) is 20.5. The molecule has 1 heterocycles. The van der Waals surface area contributed by atoms with E-state index in [0.29, 0.717) is 0 Å². The number of hydrogen-bond donors (Lipinski definition) is 1. The molecule has 0 amide bonds. The van der Waals surface area contributed by atoms with E-state index in [1.165, 1.54) is 6.07 Å². The van der Waals surface area contributed by atoms with Gasteiger partial charge in [0.1, 0.15) is 12.6 Å². The number of carbonyl (C=O) groups excluding carboxylic acids is 1. The largest absolute Gasteiger partial charge is 0.460 e. The Labute approximate surface area is 165 Å². The molecule has 0 aliphatic carbocycles. The number of hydrogen-bond acceptors (Lipinski definition) is 5. The molecule has 1 aliphatic heterocycles. The van der Waals surface area contributed by atoms with E-state index in [2.05, 4.69) is 0 Å². The molecule has 150 valence electrons. The van der Waals surface area contributed by atoms with Crippen molar-refractivity contribution in [1.29, 1.82) is 0 Å². The molecule has 0 aromatic heterocycles. The number of aliphatic hydroxyl groups excluding tert-OH is 1. The zero-order valence-corrected chi connectivity index (χ0v) is 17.1. The number of nitrogens with zero attached hydrogens (tertiary/aromatic N) is 1. The third-order valence-electron chi connectivity index (χ3n) is 5.09. The fraction of sp³-hybridized carbons (Fsp3) is 0.381. The number of esters is 1. The molecular formula is C21H25NO5S.